The van der Waals surface area contributed by atoms with Crippen LogP contribution in [-0.4, -0.2) is 24.7 Å². The third-order valence-electron chi connectivity index (χ3n) is 4.47. The number of carbonyl (C=O) groups is 1. The summed E-state index contributed by atoms with van der Waals surface area (Å²) in [6, 6.07) is 13.9. The maximum Gasteiger partial charge on any atom is 0.280 e. The van der Waals surface area contributed by atoms with Crippen LogP contribution < -0.4 is 9.91 Å². The Morgan fingerprint density at radius 2 is 1.65 bits per heavy atom. The van der Waals surface area contributed by atoms with E-state index in [4.69, 9.17) is 0 Å². The first-order valence-electron chi connectivity index (χ1n) is 8.75. The van der Waals surface area contributed by atoms with Gasteiger partial charge in [-0.1, -0.05) is 12.1 Å². The minimum Gasteiger partial charge on any atom is -0.372 e. The van der Waals surface area contributed by atoms with E-state index in [1.807, 2.05) is 18.2 Å². The highest BCUT2D eigenvalue weighted by molar-refractivity contribution is 6.32. The van der Waals surface area contributed by atoms with Crippen molar-refractivity contribution in [1.29, 1.82) is 0 Å². The maximum atomic E-state index is 13.1. The molecule has 0 fully saturated rings. The van der Waals surface area contributed by atoms with Gasteiger partial charge in [0.05, 0.1) is 17.0 Å². The maximum absolute atomic E-state index is 13.1. The van der Waals surface area contributed by atoms with Crippen molar-refractivity contribution in [2.75, 3.05) is 23.0 Å². The lowest BCUT2D eigenvalue weighted by Crippen LogP contribution is -2.21. The highest BCUT2D eigenvalue weighted by Crippen LogP contribution is 2.25. The molecule has 3 rings (SSSR count). The van der Waals surface area contributed by atoms with Gasteiger partial charge in [-0.2, -0.15) is 10.1 Å². The standard InChI is InChI=1S/C21H22FN3O/c1-4-24(5-2)18-10-6-16(7-11-18)14-20-15(3)23-25(21(20)26)19-12-8-17(22)9-13-19/h6-14H,4-5H2,1-3H3/b20-14-. The van der Waals surface area contributed by atoms with E-state index in [1.165, 1.54) is 17.1 Å². The summed E-state index contributed by atoms with van der Waals surface area (Å²) in [6.45, 7) is 7.96. The van der Waals surface area contributed by atoms with Crippen molar-refractivity contribution < 1.29 is 9.18 Å². The van der Waals surface area contributed by atoms with E-state index in [0.717, 1.165) is 24.3 Å². The molecule has 0 saturated carbocycles. The minimum atomic E-state index is -0.342. The van der Waals surface area contributed by atoms with Crippen LogP contribution in [0.4, 0.5) is 15.8 Å². The number of anilines is 2. The van der Waals surface area contributed by atoms with Crippen molar-refractivity contribution in [3.05, 3.63) is 65.5 Å². The minimum absolute atomic E-state index is 0.207. The molecule has 26 heavy (non-hydrogen) atoms. The zero-order valence-corrected chi connectivity index (χ0v) is 15.2. The largest absolute Gasteiger partial charge is 0.372 e. The molecular formula is C21H22FN3O. The quantitative estimate of drug-likeness (QED) is 0.745. The molecular weight excluding hydrogens is 329 g/mol. The molecule has 1 aliphatic heterocycles. The molecule has 134 valence electrons. The summed E-state index contributed by atoms with van der Waals surface area (Å²) in [5.41, 5.74) is 3.85. The highest BCUT2D eigenvalue weighted by atomic mass is 19.1. The molecule has 1 heterocycles. The van der Waals surface area contributed by atoms with Gasteiger partial charge in [0.25, 0.3) is 5.91 Å². The first-order valence-corrected chi connectivity index (χ1v) is 8.75. The predicted octanol–water partition coefficient (Wildman–Crippen LogP) is 4.48. The van der Waals surface area contributed by atoms with Gasteiger partial charge in [0.2, 0.25) is 0 Å². The summed E-state index contributed by atoms with van der Waals surface area (Å²) in [5, 5.41) is 5.63. The van der Waals surface area contributed by atoms with Crippen molar-refractivity contribution >= 4 is 29.1 Å². The summed E-state index contributed by atoms with van der Waals surface area (Å²) >= 11 is 0. The molecule has 0 aromatic heterocycles. The molecule has 1 aliphatic rings. The molecule has 0 spiro atoms. The average molecular weight is 351 g/mol. The first-order chi connectivity index (χ1) is 12.5. The summed E-state index contributed by atoms with van der Waals surface area (Å²) in [6.07, 6.45) is 1.84. The Balaban J connectivity index is 1.84. The number of hydrogen-bond donors (Lipinski definition) is 0. The molecule has 0 N–H and O–H groups in total. The Kier molecular flexibility index (Phi) is 5.16. The summed E-state index contributed by atoms with van der Waals surface area (Å²) in [5.74, 6) is -0.549. The summed E-state index contributed by atoms with van der Waals surface area (Å²) in [7, 11) is 0. The van der Waals surface area contributed by atoms with Gasteiger partial charge in [0.15, 0.2) is 0 Å². The molecule has 2 aromatic carbocycles. The first kappa shape index (κ1) is 17.9. The second kappa shape index (κ2) is 7.52. The zero-order chi connectivity index (χ0) is 18.7. The third-order valence-corrected chi connectivity index (χ3v) is 4.47. The molecule has 0 unspecified atom stereocenters. The van der Waals surface area contributed by atoms with E-state index in [2.05, 4.69) is 36.0 Å². The number of benzene rings is 2. The van der Waals surface area contributed by atoms with Crippen molar-refractivity contribution in [3.8, 4) is 0 Å². The van der Waals surface area contributed by atoms with Crippen LogP contribution in [0.25, 0.3) is 6.08 Å². The van der Waals surface area contributed by atoms with Gasteiger partial charge < -0.3 is 4.90 Å². The van der Waals surface area contributed by atoms with Gasteiger partial charge in [-0.15, -0.1) is 0 Å². The molecule has 5 heteroatoms. The zero-order valence-electron chi connectivity index (χ0n) is 15.2. The Labute approximate surface area is 153 Å². The fraction of sp³-hybridized carbons (Fsp3) is 0.238. The van der Waals surface area contributed by atoms with Crippen LogP contribution in [0.2, 0.25) is 0 Å². The lowest BCUT2D eigenvalue weighted by molar-refractivity contribution is -0.114. The second-order valence-corrected chi connectivity index (χ2v) is 6.10. The van der Waals surface area contributed by atoms with Crippen LogP contribution in [0.1, 0.15) is 26.3 Å². The number of halogens is 1. The van der Waals surface area contributed by atoms with Crippen molar-refractivity contribution in [2.45, 2.75) is 20.8 Å². The van der Waals surface area contributed by atoms with E-state index < -0.39 is 0 Å². The van der Waals surface area contributed by atoms with Gasteiger partial charge in [-0.05, 0) is 68.8 Å². The molecule has 1 amide bonds. The van der Waals surface area contributed by atoms with Crippen LogP contribution in [0.5, 0.6) is 0 Å². The predicted molar refractivity (Wildman–Crippen MR) is 105 cm³/mol. The highest BCUT2D eigenvalue weighted by Gasteiger charge is 2.28. The Morgan fingerprint density at radius 3 is 2.23 bits per heavy atom. The Bertz CT molecular complexity index is 850. The topological polar surface area (TPSA) is 35.9 Å². The smallest absolute Gasteiger partial charge is 0.280 e. The van der Waals surface area contributed by atoms with Crippen LogP contribution in [0.15, 0.2) is 59.2 Å². The molecule has 4 nitrogen and oxygen atoms in total. The van der Waals surface area contributed by atoms with E-state index in [9.17, 15) is 9.18 Å². The van der Waals surface area contributed by atoms with Gasteiger partial charge in [0.1, 0.15) is 5.82 Å². The van der Waals surface area contributed by atoms with Gasteiger partial charge in [-0.3, -0.25) is 4.79 Å². The van der Waals surface area contributed by atoms with Crippen molar-refractivity contribution in [2.24, 2.45) is 5.10 Å². The van der Waals surface area contributed by atoms with Crippen LogP contribution in [0.3, 0.4) is 0 Å². The van der Waals surface area contributed by atoms with E-state index in [0.29, 0.717) is 17.0 Å². The lowest BCUT2D eigenvalue weighted by atomic mass is 10.1. The number of hydrogen-bond acceptors (Lipinski definition) is 3. The molecule has 0 aliphatic carbocycles. The Morgan fingerprint density at radius 1 is 1.04 bits per heavy atom. The van der Waals surface area contributed by atoms with Gasteiger partial charge >= 0.3 is 0 Å². The SMILES string of the molecule is CCN(CC)c1ccc(/C=C2\C(=O)N(c3ccc(F)cc3)N=C2C)cc1. The molecule has 0 radical (unpaired) electrons. The normalized spacial score (nSPS) is 15.5. The van der Waals surface area contributed by atoms with Crippen molar-refractivity contribution in [1.82, 2.24) is 0 Å². The number of amides is 1. The van der Waals surface area contributed by atoms with E-state index in [1.54, 1.807) is 19.1 Å². The fourth-order valence-electron chi connectivity index (χ4n) is 2.98. The second-order valence-electron chi connectivity index (χ2n) is 6.10. The molecule has 2 aromatic rings. The Hall–Kier alpha value is -2.95. The van der Waals surface area contributed by atoms with Gasteiger partial charge in [-0.25, -0.2) is 4.39 Å². The van der Waals surface area contributed by atoms with Crippen LogP contribution in [0, 0.1) is 5.82 Å². The number of rotatable bonds is 5. The van der Waals surface area contributed by atoms with Gasteiger partial charge in [0, 0.05) is 18.8 Å². The third kappa shape index (κ3) is 3.52. The molecule has 0 saturated heterocycles. The molecule has 0 atom stereocenters. The molecule has 0 bridgehead atoms. The van der Waals surface area contributed by atoms with E-state index in [-0.39, 0.29) is 11.7 Å². The van der Waals surface area contributed by atoms with Crippen molar-refractivity contribution in [3.63, 3.8) is 0 Å². The number of nitrogens with zero attached hydrogens (tertiary/aromatic N) is 3. The van der Waals surface area contributed by atoms with E-state index >= 15 is 0 Å². The number of hydrazone groups is 1. The average Bonchev–Trinajstić information content (AvgIpc) is 2.93. The van der Waals surface area contributed by atoms with Crippen LogP contribution >= 0.6 is 0 Å². The summed E-state index contributed by atoms with van der Waals surface area (Å²) in [4.78, 5) is 15.0. The number of carbonyl (C=O) groups excluding carboxylic acids is 1. The summed E-state index contributed by atoms with van der Waals surface area (Å²) < 4.78 is 13.1. The fourth-order valence-corrected chi connectivity index (χ4v) is 2.98. The van der Waals surface area contributed by atoms with Crippen LogP contribution in [-0.2, 0) is 4.79 Å². The lowest BCUT2D eigenvalue weighted by Gasteiger charge is -2.20. The monoisotopic (exact) mass is 351 g/mol.